The summed E-state index contributed by atoms with van der Waals surface area (Å²) < 4.78 is 47.1. The molecule has 0 radical (unpaired) electrons. The van der Waals surface area contributed by atoms with Crippen LogP contribution in [0.1, 0.15) is 90.5 Å². The molecule has 7 aromatic rings. The van der Waals surface area contributed by atoms with Crippen LogP contribution in [0.5, 0.6) is 0 Å². The molecule has 0 bridgehead atoms. The van der Waals surface area contributed by atoms with Gasteiger partial charge in [-0.05, 0) is 74.9 Å². The molecule has 5 fully saturated rings. The van der Waals surface area contributed by atoms with E-state index >= 15 is 0 Å². The fourth-order valence-electron chi connectivity index (χ4n) is 10.9. The third-order valence-electron chi connectivity index (χ3n) is 16.0. The molecule has 7 aromatic heterocycles. The molecule has 0 saturated carbocycles. The number of anilines is 4. The van der Waals surface area contributed by atoms with Crippen molar-refractivity contribution < 1.29 is 78.5 Å². The first kappa shape index (κ1) is 66.9. The van der Waals surface area contributed by atoms with E-state index in [1.54, 1.807) is 54.4 Å². The number of carbonyl (C=O) groups excluding carboxylic acids is 2. The van der Waals surface area contributed by atoms with Gasteiger partial charge in [0.15, 0.2) is 58.7 Å². The lowest BCUT2D eigenvalue weighted by molar-refractivity contribution is -0.142. The van der Waals surface area contributed by atoms with Gasteiger partial charge in [0.1, 0.15) is 78.6 Å². The fraction of sp³-hybridized carbons (Fsp3) is 0.538. The van der Waals surface area contributed by atoms with Crippen LogP contribution in [-0.4, -0.2) is 213 Å². The van der Waals surface area contributed by atoms with Crippen LogP contribution in [0.3, 0.4) is 0 Å². The number of hydrazine groups is 1. The molecule has 36 nitrogen and oxygen atoms in total. The molecule has 19 atom stereocenters. The van der Waals surface area contributed by atoms with Gasteiger partial charge < -0.3 is 92.0 Å². The van der Waals surface area contributed by atoms with Crippen molar-refractivity contribution in [3.05, 3.63) is 74.6 Å². The van der Waals surface area contributed by atoms with Gasteiger partial charge in [-0.3, -0.25) is 33.2 Å². The molecule has 7 aliphatic heterocycles. The summed E-state index contributed by atoms with van der Waals surface area (Å²) in [5.41, 5.74) is 27.9. The van der Waals surface area contributed by atoms with Crippen molar-refractivity contribution in [3.8, 4) is 0 Å². The minimum Gasteiger partial charge on any atom is -0.390 e. The van der Waals surface area contributed by atoms with E-state index in [0.29, 0.717) is 39.1 Å². The van der Waals surface area contributed by atoms with E-state index in [0.717, 1.165) is 15.5 Å². The van der Waals surface area contributed by atoms with Gasteiger partial charge >= 0.3 is 11.8 Å². The van der Waals surface area contributed by atoms with Gasteiger partial charge in [0.05, 0.1) is 70.8 Å². The second-order valence-corrected chi connectivity index (χ2v) is 23.7. The number of ether oxygens (including phenoxy) is 5. The number of nitrogens with zero attached hydrogens (tertiary/aromatic N) is 15. The average molecular weight is 1410 g/mol. The summed E-state index contributed by atoms with van der Waals surface area (Å²) in [7, 11) is 1.83. The monoisotopic (exact) mass is 1410 g/mol. The number of rotatable bonds is 5. The third-order valence-corrected chi connectivity index (χ3v) is 17.1. The van der Waals surface area contributed by atoms with Crippen molar-refractivity contribution in [2.24, 2.45) is 5.73 Å². The number of nitrogen functional groups attached to an aromatic ring is 3. The second kappa shape index (κ2) is 26.9. The lowest BCUT2D eigenvalue weighted by atomic mass is 10.1. The molecule has 0 aromatic carbocycles. The van der Waals surface area contributed by atoms with Crippen LogP contribution >= 0.6 is 34.2 Å². The lowest BCUT2D eigenvalue weighted by Gasteiger charge is -2.28. The average Bonchev–Trinajstić information content (AvgIpc) is 1.61. The highest BCUT2D eigenvalue weighted by molar-refractivity contribution is 14.1. The summed E-state index contributed by atoms with van der Waals surface area (Å²) >= 11 is 7.69. The van der Waals surface area contributed by atoms with Crippen LogP contribution in [0.15, 0.2) is 52.0 Å². The van der Waals surface area contributed by atoms with Crippen LogP contribution in [0.4, 0.5) is 27.7 Å². The first-order chi connectivity index (χ1) is 43.0. The molecule has 17 N–H and O–H groups in total. The van der Waals surface area contributed by atoms with E-state index in [4.69, 9.17) is 58.2 Å². The molecule has 4 unspecified atom stereocenters. The number of nitrogens with one attached hydrogen (secondary N) is 1. The lowest BCUT2D eigenvalue weighted by Crippen LogP contribution is -2.44. The van der Waals surface area contributed by atoms with Crippen LogP contribution < -0.4 is 39.1 Å². The van der Waals surface area contributed by atoms with Crippen molar-refractivity contribution in [1.29, 1.82) is 0 Å². The van der Waals surface area contributed by atoms with Gasteiger partial charge in [-0.2, -0.15) is 29.3 Å². The number of Topliss-reactive ketones (excluding diaryl/α,β-unsaturated/α-hetero) is 1. The van der Waals surface area contributed by atoms with Gasteiger partial charge in [0.25, 0.3) is 0 Å². The number of nitrogens with two attached hydrogens (primary N) is 4. The Kier molecular flexibility index (Phi) is 19.8. The smallest absolute Gasteiger partial charge is 0.351 e. The number of hydrogen-bond donors (Lipinski definition) is 13. The van der Waals surface area contributed by atoms with Gasteiger partial charge in [0, 0.05) is 44.0 Å². The standard InChI is InChI=1S/C13H18N6O3.C10H12ClN5O2.C10H12FN5O3.C10H12INO4.C9H13N3O4/c1-5-8(20)9(21)13(22-5)19-3-6-7-11(15-4-16-12(7)19)18(2)17-10(6)14;1-4-5(17)2-6(18-4)16-3-13-7-8(12)14-10(11)15-9(7)16;1-3-5(17)6(18)9(19-3)16-2-13-4-7(12)14-10(11)15-8(4)16;1-5-7(13)3-10(16-5)12-4-6(11)8(14)2-9(12)15;1-4-6(13)7(14)8(16-4)12-3-2-5(10)11-9(12)15/h3-5,8-10,13,17,20-21H,14H2,1-2H3;3-6,17H,2H2,1H3,(H2,12,14,15);2-3,5-6,9,17-18H,1H3,(H2,12,14,15);4-5,7,10,13H,2-3H2,1H3;2-4,6-8,13-14H,1H3,(H2,10,11,15)/t5-,8+,9?,10?,13-;4-,5-,6-;3-,5+,6?,9-;5-,7-,10-;4-,6+,7?,8-/m11111/s1. The Bertz CT molecular complexity index is 3900. The Morgan fingerprint density at radius 1 is 0.637 bits per heavy atom. The zero-order valence-corrected chi connectivity index (χ0v) is 52.0. The molecule has 492 valence electrons. The number of aromatic nitrogens is 13. The number of aliphatic hydroxyl groups excluding tert-OH is 8. The molecular weight excluding hydrogens is 1340 g/mol. The number of fused-ring (bicyclic) bond motifs is 2. The van der Waals surface area contributed by atoms with E-state index < -0.39 is 110 Å². The first-order valence-corrected chi connectivity index (χ1v) is 29.7. The molecule has 1 amide bonds. The Morgan fingerprint density at radius 3 is 1.70 bits per heavy atom. The minimum absolute atomic E-state index is 0.0633. The molecule has 14 heterocycles. The fourth-order valence-corrected chi connectivity index (χ4v) is 11.6. The molecule has 7 aliphatic rings. The Hall–Kier alpha value is -6.97. The highest BCUT2D eigenvalue weighted by atomic mass is 127. The summed E-state index contributed by atoms with van der Waals surface area (Å²) in [5, 5.41) is 80.8. The molecule has 91 heavy (non-hydrogen) atoms. The minimum atomic E-state index is -1.16. The van der Waals surface area contributed by atoms with Crippen LogP contribution in [0.25, 0.3) is 33.4 Å². The number of hydrogen-bond acceptors (Lipinski definition) is 31. The summed E-state index contributed by atoms with van der Waals surface area (Å²) in [6.07, 6.45) is -4.36. The molecule has 0 aliphatic carbocycles. The van der Waals surface area contributed by atoms with E-state index in [-0.39, 0.29) is 70.4 Å². The van der Waals surface area contributed by atoms with Gasteiger partial charge in [0.2, 0.25) is 11.2 Å². The summed E-state index contributed by atoms with van der Waals surface area (Å²) in [6, 6.07) is 1.42. The molecule has 0 spiro atoms. The zero-order chi connectivity index (χ0) is 65.9. The Morgan fingerprint density at radius 2 is 1.16 bits per heavy atom. The predicted molar refractivity (Wildman–Crippen MR) is 322 cm³/mol. The van der Waals surface area contributed by atoms with E-state index in [9.17, 15) is 59.6 Å². The molecule has 39 heteroatoms. The molecule has 5 saturated heterocycles. The van der Waals surface area contributed by atoms with Crippen molar-refractivity contribution in [1.82, 2.24) is 73.4 Å². The number of imidazole rings is 2. The van der Waals surface area contributed by atoms with Crippen LogP contribution in [-0.2, 0) is 33.3 Å². The SMILES string of the molecule is C[C@H]1O[C@@H](N2C=C(I)C(=O)CC2=O)C[C@H]1O.C[C@H]1O[C@@H](n2cc3c4c(ncnc42)N(C)NC3N)C(O)[C@H]1O.C[C@H]1O[C@@H](n2ccc(N)nc2=O)C(O)[C@H]1O.C[C@H]1O[C@@H](n2cnc3c(N)nc(Cl)nc32)C[C@H]1O.C[C@H]1O[C@@H](n2cnc3c(N)nc(F)nc32)C(O)[C@H]1O. The first-order valence-electron chi connectivity index (χ1n) is 28.2. The maximum absolute atomic E-state index is 13.2. The van der Waals surface area contributed by atoms with Crippen molar-refractivity contribution >= 4 is 103 Å². The number of amides is 1. The van der Waals surface area contributed by atoms with Crippen LogP contribution in [0, 0.1) is 6.08 Å². The van der Waals surface area contributed by atoms with Crippen molar-refractivity contribution in [2.45, 2.75) is 171 Å². The summed E-state index contributed by atoms with van der Waals surface area (Å²) in [5.74, 6) is 0.520. The van der Waals surface area contributed by atoms with E-state index in [1.165, 1.54) is 40.6 Å². The summed E-state index contributed by atoms with van der Waals surface area (Å²) in [4.78, 5) is 70.9. The highest BCUT2D eigenvalue weighted by Gasteiger charge is 2.45. The Balaban J connectivity index is 0.000000126. The largest absolute Gasteiger partial charge is 0.390 e. The van der Waals surface area contributed by atoms with E-state index in [1.807, 2.05) is 36.6 Å². The normalized spacial score (nSPS) is 32.7. The maximum Gasteiger partial charge on any atom is 0.351 e. The third kappa shape index (κ3) is 13.4. The topological polar surface area (TPSA) is 518 Å². The van der Waals surface area contributed by atoms with Gasteiger partial charge in [-0.15, -0.1) is 0 Å². The number of ketones is 1. The van der Waals surface area contributed by atoms with Gasteiger partial charge in [-0.25, -0.2) is 30.2 Å². The molecule has 14 rings (SSSR count). The number of allylic oxidation sites excluding steroid dienone is 1. The zero-order valence-electron chi connectivity index (χ0n) is 49.1. The Labute approximate surface area is 532 Å². The maximum atomic E-state index is 13.2. The van der Waals surface area contributed by atoms with E-state index in [2.05, 4.69) is 50.3 Å². The van der Waals surface area contributed by atoms with Crippen LogP contribution in [0.2, 0.25) is 5.28 Å². The second-order valence-electron chi connectivity index (χ2n) is 22.2. The molecular formula is C52H67ClFIN20O16. The number of carbonyl (C=O) groups is 2. The highest BCUT2D eigenvalue weighted by Crippen LogP contribution is 2.40. The number of aliphatic hydroxyl groups is 8. The quantitative estimate of drug-likeness (QED) is 0.0500. The van der Waals surface area contributed by atoms with Crippen molar-refractivity contribution in [3.63, 3.8) is 0 Å². The van der Waals surface area contributed by atoms with Crippen molar-refractivity contribution in [2.75, 3.05) is 29.3 Å². The summed E-state index contributed by atoms with van der Waals surface area (Å²) in [6.45, 7) is 8.54. The van der Waals surface area contributed by atoms with Gasteiger partial charge in [-0.1, -0.05) is 0 Å². The predicted octanol–water partition coefficient (Wildman–Crippen LogP) is -2.08. The number of halogens is 3.